The van der Waals surface area contributed by atoms with Crippen molar-refractivity contribution < 1.29 is 14.3 Å². The molecule has 0 bridgehead atoms. The quantitative estimate of drug-likeness (QED) is 0.867. The zero-order valence-corrected chi connectivity index (χ0v) is 9.38. The zero-order chi connectivity index (χ0) is 11.2. The van der Waals surface area contributed by atoms with Crippen molar-refractivity contribution in [2.45, 2.75) is 0 Å². The largest absolute Gasteiger partial charge is 0.477 e. The Morgan fingerprint density at radius 3 is 2.73 bits per heavy atom. The van der Waals surface area contributed by atoms with Gasteiger partial charge in [-0.25, -0.2) is 9.18 Å². The maximum atomic E-state index is 13.5. The van der Waals surface area contributed by atoms with E-state index in [1.54, 1.807) is 12.1 Å². The second-order valence-electron chi connectivity index (χ2n) is 3.16. The highest BCUT2D eigenvalue weighted by atomic mass is 79.9. The number of carboxylic acid groups (broad SMARTS) is 1. The van der Waals surface area contributed by atoms with Gasteiger partial charge in [0.1, 0.15) is 11.5 Å². The number of benzene rings is 1. The molecule has 0 unspecified atom stereocenters. The Morgan fingerprint density at radius 2 is 2.20 bits per heavy atom. The zero-order valence-electron chi connectivity index (χ0n) is 7.79. The first-order valence-corrected chi connectivity index (χ1v) is 4.99. The number of rotatable bonds is 1. The summed E-state index contributed by atoms with van der Waals surface area (Å²) in [5, 5.41) is 9.53. The van der Waals surface area contributed by atoms with Crippen molar-refractivity contribution in [3.63, 3.8) is 0 Å². The molecule has 0 atom stereocenters. The molecule has 78 valence electrons. The van der Waals surface area contributed by atoms with E-state index in [9.17, 15) is 9.18 Å². The number of carbonyl (C=O) groups is 1. The van der Waals surface area contributed by atoms with Crippen LogP contribution in [-0.4, -0.2) is 15.6 Å². The fourth-order valence-electron chi connectivity index (χ4n) is 1.66. The normalized spacial score (nSPS) is 10.9. The highest BCUT2D eigenvalue weighted by Crippen LogP contribution is 2.31. The van der Waals surface area contributed by atoms with Gasteiger partial charge in [-0.3, -0.25) is 0 Å². The second-order valence-corrected chi connectivity index (χ2v) is 3.96. The van der Waals surface area contributed by atoms with Crippen LogP contribution >= 0.6 is 15.9 Å². The summed E-state index contributed by atoms with van der Waals surface area (Å²) in [6, 6.07) is 4.53. The highest BCUT2D eigenvalue weighted by molar-refractivity contribution is 9.10. The third kappa shape index (κ3) is 1.34. The number of carboxylic acids is 1. The van der Waals surface area contributed by atoms with Crippen LogP contribution in [0.3, 0.4) is 0 Å². The van der Waals surface area contributed by atoms with Crippen LogP contribution < -0.4 is 0 Å². The SMILES string of the molecule is Cn1c(C(=O)O)c(Br)c2cccc(F)c21. The lowest BCUT2D eigenvalue weighted by Gasteiger charge is -1.99. The summed E-state index contributed by atoms with van der Waals surface area (Å²) in [6.07, 6.45) is 0. The summed E-state index contributed by atoms with van der Waals surface area (Å²) in [7, 11) is 1.53. The van der Waals surface area contributed by atoms with E-state index in [4.69, 9.17) is 5.11 Å². The summed E-state index contributed by atoms with van der Waals surface area (Å²) >= 11 is 3.17. The highest BCUT2D eigenvalue weighted by Gasteiger charge is 2.20. The average Bonchev–Trinajstić information content (AvgIpc) is 2.40. The lowest BCUT2D eigenvalue weighted by atomic mass is 10.2. The molecule has 5 heteroatoms. The lowest BCUT2D eigenvalue weighted by molar-refractivity contribution is 0.0686. The summed E-state index contributed by atoms with van der Waals surface area (Å²) in [5.41, 5.74) is 0.344. The van der Waals surface area contributed by atoms with Crippen LogP contribution in [0.4, 0.5) is 4.39 Å². The molecule has 1 heterocycles. The van der Waals surface area contributed by atoms with Crippen molar-refractivity contribution >= 4 is 32.8 Å². The van der Waals surface area contributed by atoms with E-state index in [-0.39, 0.29) is 5.69 Å². The van der Waals surface area contributed by atoms with E-state index in [0.29, 0.717) is 15.4 Å². The minimum Gasteiger partial charge on any atom is -0.477 e. The standard InChI is InChI=1S/C10H7BrFNO2/c1-13-8-5(3-2-4-6(8)12)7(11)9(13)10(14)15/h2-4H,1H3,(H,14,15). The predicted octanol–water partition coefficient (Wildman–Crippen LogP) is 2.78. The Morgan fingerprint density at radius 1 is 1.53 bits per heavy atom. The molecule has 0 aliphatic carbocycles. The van der Waals surface area contributed by atoms with Gasteiger partial charge in [0, 0.05) is 12.4 Å². The van der Waals surface area contributed by atoms with E-state index in [1.165, 1.54) is 17.7 Å². The Kier molecular flexibility index (Phi) is 2.26. The van der Waals surface area contributed by atoms with Crippen molar-refractivity contribution in [3.8, 4) is 0 Å². The number of aryl methyl sites for hydroxylation is 1. The minimum absolute atomic E-state index is 0.0510. The van der Waals surface area contributed by atoms with E-state index in [1.807, 2.05) is 0 Å². The number of halogens is 2. The molecular weight excluding hydrogens is 265 g/mol. The van der Waals surface area contributed by atoms with E-state index < -0.39 is 11.8 Å². The molecule has 0 aliphatic rings. The van der Waals surface area contributed by atoms with Gasteiger partial charge in [-0.1, -0.05) is 12.1 Å². The van der Waals surface area contributed by atoms with Crippen molar-refractivity contribution in [1.82, 2.24) is 4.57 Å². The van der Waals surface area contributed by atoms with Gasteiger partial charge in [0.15, 0.2) is 0 Å². The summed E-state index contributed by atoms with van der Waals surface area (Å²) in [5.74, 6) is -1.51. The molecule has 0 saturated carbocycles. The molecular formula is C10H7BrFNO2. The average molecular weight is 272 g/mol. The third-order valence-corrected chi connectivity index (χ3v) is 3.11. The summed E-state index contributed by atoms with van der Waals surface area (Å²) in [6.45, 7) is 0. The molecule has 0 radical (unpaired) electrons. The number of hydrogen-bond donors (Lipinski definition) is 1. The van der Waals surface area contributed by atoms with E-state index in [0.717, 1.165) is 0 Å². The van der Waals surface area contributed by atoms with Crippen LogP contribution in [0.1, 0.15) is 10.5 Å². The van der Waals surface area contributed by atoms with Crippen LogP contribution in [0.25, 0.3) is 10.9 Å². The number of aromatic carboxylic acids is 1. The molecule has 0 amide bonds. The smallest absolute Gasteiger partial charge is 0.353 e. The van der Waals surface area contributed by atoms with Crippen molar-refractivity contribution in [2.24, 2.45) is 7.05 Å². The molecule has 1 aromatic carbocycles. The predicted molar refractivity (Wildman–Crippen MR) is 57.5 cm³/mol. The maximum absolute atomic E-state index is 13.5. The van der Waals surface area contributed by atoms with Crippen molar-refractivity contribution in [1.29, 1.82) is 0 Å². The number of aromatic nitrogens is 1. The van der Waals surface area contributed by atoms with Gasteiger partial charge < -0.3 is 9.67 Å². The molecule has 2 rings (SSSR count). The Hall–Kier alpha value is -1.36. The van der Waals surface area contributed by atoms with Gasteiger partial charge in [0.25, 0.3) is 0 Å². The number of fused-ring (bicyclic) bond motifs is 1. The number of hydrogen-bond acceptors (Lipinski definition) is 1. The summed E-state index contributed by atoms with van der Waals surface area (Å²) < 4.78 is 15.2. The molecule has 3 nitrogen and oxygen atoms in total. The van der Waals surface area contributed by atoms with Crippen molar-refractivity contribution in [2.75, 3.05) is 0 Å². The molecule has 15 heavy (non-hydrogen) atoms. The molecule has 0 spiro atoms. The minimum atomic E-state index is -1.08. The molecule has 1 aromatic heterocycles. The fourth-order valence-corrected chi connectivity index (χ4v) is 2.41. The van der Waals surface area contributed by atoms with E-state index >= 15 is 0 Å². The Balaban J connectivity index is 2.98. The first kappa shape index (κ1) is 10.2. The Bertz CT molecular complexity index is 562. The van der Waals surface area contributed by atoms with Crippen LogP contribution in [0.5, 0.6) is 0 Å². The van der Waals surface area contributed by atoms with Crippen LogP contribution in [0.15, 0.2) is 22.7 Å². The number of nitrogens with zero attached hydrogens (tertiary/aromatic N) is 1. The second kappa shape index (κ2) is 3.34. The topological polar surface area (TPSA) is 42.2 Å². The summed E-state index contributed by atoms with van der Waals surface area (Å²) in [4.78, 5) is 11.0. The van der Waals surface area contributed by atoms with Gasteiger partial charge in [-0.15, -0.1) is 0 Å². The van der Waals surface area contributed by atoms with Gasteiger partial charge in [0.05, 0.1) is 9.99 Å². The first-order valence-electron chi connectivity index (χ1n) is 4.19. The van der Waals surface area contributed by atoms with Crippen LogP contribution in [0, 0.1) is 5.82 Å². The van der Waals surface area contributed by atoms with Crippen molar-refractivity contribution in [3.05, 3.63) is 34.2 Å². The van der Waals surface area contributed by atoms with Gasteiger partial charge in [0.2, 0.25) is 0 Å². The van der Waals surface area contributed by atoms with Crippen LogP contribution in [-0.2, 0) is 7.05 Å². The van der Waals surface area contributed by atoms with Gasteiger partial charge in [-0.05, 0) is 22.0 Å². The maximum Gasteiger partial charge on any atom is 0.353 e. The molecule has 0 aliphatic heterocycles. The van der Waals surface area contributed by atoms with Gasteiger partial charge in [-0.2, -0.15) is 0 Å². The Labute approximate surface area is 93.3 Å². The monoisotopic (exact) mass is 271 g/mol. The van der Waals surface area contributed by atoms with E-state index in [2.05, 4.69) is 15.9 Å². The number of para-hydroxylation sites is 1. The van der Waals surface area contributed by atoms with Crippen LogP contribution in [0.2, 0.25) is 0 Å². The molecule has 0 saturated heterocycles. The molecule has 1 N–H and O–H groups in total. The first-order chi connectivity index (χ1) is 7.04. The fraction of sp³-hybridized carbons (Fsp3) is 0.100. The molecule has 0 fully saturated rings. The van der Waals surface area contributed by atoms with Gasteiger partial charge >= 0.3 is 5.97 Å². The molecule has 2 aromatic rings. The lowest BCUT2D eigenvalue weighted by Crippen LogP contribution is -2.05. The third-order valence-electron chi connectivity index (χ3n) is 2.30.